The molecule has 0 radical (unpaired) electrons. The molecule has 1 rings (SSSR count). The molecule has 0 aliphatic carbocycles. The van der Waals surface area contributed by atoms with Gasteiger partial charge in [0.05, 0.1) is 4.92 Å². The first-order chi connectivity index (χ1) is 8.74. The monoisotopic (exact) mass is 265 g/mol. The van der Waals surface area contributed by atoms with Gasteiger partial charge in [0, 0.05) is 29.3 Å². The minimum atomic E-state index is -0.523. The molecule has 0 aliphatic heterocycles. The summed E-state index contributed by atoms with van der Waals surface area (Å²) in [5.74, 6) is -0.357. The molecule has 0 heterocycles. The third-order valence-electron chi connectivity index (χ3n) is 2.63. The summed E-state index contributed by atoms with van der Waals surface area (Å²) in [6.45, 7) is 5.71. The molecule has 6 nitrogen and oxygen atoms in total. The largest absolute Gasteiger partial charge is 0.350 e. The number of nitrogens with one attached hydrogen (secondary N) is 1. The lowest BCUT2D eigenvalue weighted by molar-refractivity contribution is -0.385. The average molecular weight is 265 g/mol. The average Bonchev–Trinajstić information content (AvgIpc) is 2.34. The molecule has 0 spiro atoms. The number of nitro groups is 1. The number of nitrogens with two attached hydrogens (primary N) is 1. The minimum Gasteiger partial charge on any atom is -0.350 e. The Morgan fingerprint density at radius 3 is 2.58 bits per heavy atom. The first-order valence-corrected chi connectivity index (χ1v) is 6.09. The Hall–Kier alpha value is -1.95. The fraction of sp³-hybridized carbons (Fsp3) is 0.462. The molecule has 3 N–H and O–H groups in total. The summed E-state index contributed by atoms with van der Waals surface area (Å²) in [6, 6.07) is 4.50. The summed E-state index contributed by atoms with van der Waals surface area (Å²) in [6.07, 6.45) is 0.550. The van der Waals surface area contributed by atoms with Crippen LogP contribution in [0, 0.1) is 10.1 Å². The quantitative estimate of drug-likeness (QED) is 0.624. The zero-order valence-electron chi connectivity index (χ0n) is 11.4. The third-order valence-corrected chi connectivity index (χ3v) is 2.63. The Labute approximate surface area is 112 Å². The highest BCUT2D eigenvalue weighted by Crippen LogP contribution is 2.20. The number of rotatable bonds is 5. The van der Waals surface area contributed by atoms with Crippen molar-refractivity contribution in [2.75, 3.05) is 6.54 Å². The Morgan fingerprint density at radius 2 is 2.11 bits per heavy atom. The van der Waals surface area contributed by atoms with Crippen molar-refractivity contribution in [3.63, 3.8) is 0 Å². The number of carbonyl (C=O) groups is 1. The Morgan fingerprint density at radius 1 is 1.47 bits per heavy atom. The first kappa shape index (κ1) is 15.1. The number of nitro benzene ring substituents is 1. The summed E-state index contributed by atoms with van der Waals surface area (Å²) in [5, 5.41) is 13.6. The molecule has 0 fully saturated rings. The van der Waals surface area contributed by atoms with E-state index in [1.165, 1.54) is 6.07 Å². The van der Waals surface area contributed by atoms with Crippen molar-refractivity contribution in [2.45, 2.75) is 32.7 Å². The summed E-state index contributed by atoms with van der Waals surface area (Å²) in [7, 11) is 0. The maximum atomic E-state index is 11.9. The van der Waals surface area contributed by atoms with Crippen LogP contribution >= 0.6 is 0 Å². The van der Waals surface area contributed by atoms with Gasteiger partial charge in [0.2, 0.25) is 0 Å². The van der Waals surface area contributed by atoms with Crippen LogP contribution in [0.25, 0.3) is 0 Å². The van der Waals surface area contributed by atoms with Gasteiger partial charge in [0.15, 0.2) is 0 Å². The molecule has 0 aromatic heterocycles. The van der Waals surface area contributed by atoms with E-state index in [0.717, 1.165) is 0 Å². The summed E-state index contributed by atoms with van der Waals surface area (Å²) < 4.78 is 0. The van der Waals surface area contributed by atoms with Crippen LogP contribution in [0.4, 0.5) is 5.69 Å². The van der Waals surface area contributed by atoms with E-state index in [2.05, 4.69) is 5.32 Å². The van der Waals surface area contributed by atoms with Crippen LogP contribution in [-0.4, -0.2) is 22.9 Å². The van der Waals surface area contributed by atoms with Crippen molar-refractivity contribution >= 4 is 11.6 Å². The number of hydrogen-bond donors (Lipinski definition) is 2. The van der Waals surface area contributed by atoms with Gasteiger partial charge in [-0.1, -0.05) is 13.0 Å². The molecule has 0 unspecified atom stereocenters. The topological polar surface area (TPSA) is 98.3 Å². The predicted octanol–water partition coefficient (Wildman–Crippen LogP) is 1.62. The van der Waals surface area contributed by atoms with Crippen molar-refractivity contribution in [3.05, 3.63) is 39.4 Å². The Bertz CT molecular complexity index is 492. The first-order valence-electron chi connectivity index (χ1n) is 6.09. The van der Waals surface area contributed by atoms with Crippen molar-refractivity contribution in [2.24, 2.45) is 5.73 Å². The van der Waals surface area contributed by atoms with Gasteiger partial charge in [0.1, 0.15) is 0 Å². The van der Waals surface area contributed by atoms with E-state index in [1.807, 2.05) is 6.92 Å². The van der Waals surface area contributed by atoms with Crippen LogP contribution in [0.2, 0.25) is 0 Å². The van der Waals surface area contributed by atoms with E-state index in [-0.39, 0.29) is 17.2 Å². The highest BCUT2D eigenvalue weighted by molar-refractivity contribution is 5.95. The molecule has 0 bridgehead atoms. The number of hydrogen-bond acceptors (Lipinski definition) is 4. The van der Waals surface area contributed by atoms with E-state index in [9.17, 15) is 14.9 Å². The number of nitrogens with zero attached hydrogens (tertiary/aromatic N) is 1. The van der Waals surface area contributed by atoms with E-state index in [4.69, 9.17) is 5.73 Å². The SMILES string of the molecule is CCc1ccc(C(=O)NCC(C)(C)N)cc1[N+](=O)[O-]. The Balaban J connectivity index is 2.93. The smallest absolute Gasteiger partial charge is 0.273 e. The van der Waals surface area contributed by atoms with Gasteiger partial charge in [0.25, 0.3) is 11.6 Å². The normalized spacial score (nSPS) is 11.2. The summed E-state index contributed by atoms with van der Waals surface area (Å²) in [4.78, 5) is 22.3. The van der Waals surface area contributed by atoms with Crippen molar-refractivity contribution in [1.29, 1.82) is 0 Å². The third kappa shape index (κ3) is 4.33. The molecule has 1 aromatic rings. The van der Waals surface area contributed by atoms with Gasteiger partial charge in [-0.05, 0) is 26.3 Å². The number of carbonyl (C=O) groups excluding carboxylic acids is 1. The lowest BCUT2D eigenvalue weighted by atomic mass is 10.1. The lowest BCUT2D eigenvalue weighted by Gasteiger charge is -2.18. The second-order valence-corrected chi connectivity index (χ2v) is 5.13. The van der Waals surface area contributed by atoms with Gasteiger partial charge in [-0.25, -0.2) is 0 Å². The molecule has 0 saturated carbocycles. The molecule has 19 heavy (non-hydrogen) atoms. The van der Waals surface area contributed by atoms with Gasteiger partial charge in [-0.2, -0.15) is 0 Å². The van der Waals surface area contributed by atoms with Crippen molar-refractivity contribution in [3.8, 4) is 0 Å². The van der Waals surface area contributed by atoms with Crippen LogP contribution in [0.15, 0.2) is 18.2 Å². The van der Waals surface area contributed by atoms with Crippen LogP contribution in [0.5, 0.6) is 0 Å². The molecule has 104 valence electrons. The zero-order valence-corrected chi connectivity index (χ0v) is 11.4. The number of aryl methyl sites for hydroxylation is 1. The molecule has 0 aliphatic rings. The highest BCUT2D eigenvalue weighted by Gasteiger charge is 2.18. The molecule has 6 heteroatoms. The second kappa shape index (κ2) is 5.79. The maximum Gasteiger partial charge on any atom is 0.273 e. The van der Waals surface area contributed by atoms with Crippen LogP contribution in [-0.2, 0) is 6.42 Å². The van der Waals surface area contributed by atoms with Crippen molar-refractivity contribution in [1.82, 2.24) is 5.32 Å². The van der Waals surface area contributed by atoms with Gasteiger partial charge < -0.3 is 11.1 Å². The standard InChI is InChI=1S/C13H19N3O3/c1-4-9-5-6-10(7-11(9)16(18)19)12(17)15-8-13(2,3)14/h5-7H,4,8,14H2,1-3H3,(H,15,17). The molecule has 0 saturated heterocycles. The van der Waals surface area contributed by atoms with Crippen LogP contribution < -0.4 is 11.1 Å². The van der Waals surface area contributed by atoms with Gasteiger partial charge >= 0.3 is 0 Å². The zero-order chi connectivity index (χ0) is 14.6. The van der Waals surface area contributed by atoms with E-state index in [0.29, 0.717) is 18.5 Å². The van der Waals surface area contributed by atoms with Crippen molar-refractivity contribution < 1.29 is 9.72 Å². The van der Waals surface area contributed by atoms with Crippen LogP contribution in [0.1, 0.15) is 36.7 Å². The van der Waals surface area contributed by atoms with E-state index >= 15 is 0 Å². The Kier molecular flexibility index (Phi) is 4.61. The fourth-order valence-electron chi connectivity index (χ4n) is 1.58. The van der Waals surface area contributed by atoms with Crippen LogP contribution in [0.3, 0.4) is 0 Å². The van der Waals surface area contributed by atoms with Gasteiger partial charge in [-0.3, -0.25) is 14.9 Å². The molecular weight excluding hydrogens is 246 g/mol. The highest BCUT2D eigenvalue weighted by atomic mass is 16.6. The van der Waals surface area contributed by atoms with Gasteiger partial charge in [-0.15, -0.1) is 0 Å². The van der Waals surface area contributed by atoms with E-state index in [1.54, 1.807) is 26.0 Å². The minimum absolute atomic E-state index is 0.0258. The lowest BCUT2D eigenvalue weighted by Crippen LogP contribution is -2.45. The summed E-state index contributed by atoms with van der Waals surface area (Å²) in [5.41, 5.74) is 6.10. The number of benzene rings is 1. The molecular formula is C13H19N3O3. The molecule has 0 atom stereocenters. The maximum absolute atomic E-state index is 11.9. The fourth-order valence-corrected chi connectivity index (χ4v) is 1.58. The number of amides is 1. The van der Waals surface area contributed by atoms with E-state index < -0.39 is 10.5 Å². The summed E-state index contributed by atoms with van der Waals surface area (Å²) >= 11 is 0. The predicted molar refractivity (Wildman–Crippen MR) is 73.1 cm³/mol. The molecule has 1 aromatic carbocycles. The second-order valence-electron chi connectivity index (χ2n) is 5.13. The molecule has 1 amide bonds.